The molecule has 0 saturated heterocycles. The smallest absolute Gasteiger partial charge is 0.332 e. The lowest BCUT2D eigenvalue weighted by Gasteiger charge is -1.91. The number of imidazole rings is 1. The summed E-state index contributed by atoms with van der Waals surface area (Å²) in [5.41, 5.74) is -0.317. The first kappa shape index (κ1) is 9.50. The highest BCUT2D eigenvalue weighted by molar-refractivity contribution is 5.39. The summed E-state index contributed by atoms with van der Waals surface area (Å²) in [5.74, 6) is 0.0269. The average molecular weight is 184 g/mol. The van der Waals surface area contributed by atoms with Crippen molar-refractivity contribution in [3.63, 3.8) is 0 Å². The molecule has 6 heteroatoms. The summed E-state index contributed by atoms with van der Waals surface area (Å²) in [5, 5.41) is 16.8. The summed E-state index contributed by atoms with van der Waals surface area (Å²) >= 11 is 0. The van der Waals surface area contributed by atoms with E-state index in [4.69, 9.17) is 0 Å². The fraction of sp³-hybridized carbons (Fsp3) is 0.571. The normalized spacial score (nSPS) is 11.3. The van der Waals surface area contributed by atoms with E-state index in [-0.39, 0.29) is 17.4 Å². The zero-order valence-electron chi connectivity index (χ0n) is 7.85. The second-order valence-electron chi connectivity index (χ2n) is 2.61. The van der Waals surface area contributed by atoms with E-state index in [1.807, 2.05) is 6.92 Å². The fourth-order valence-electron chi connectivity index (χ4n) is 0.956. The van der Waals surface area contributed by atoms with Crippen molar-refractivity contribution in [2.45, 2.75) is 6.92 Å². The molecule has 6 nitrogen and oxygen atoms in total. The van der Waals surface area contributed by atoms with E-state index in [0.29, 0.717) is 6.54 Å². The summed E-state index contributed by atoms with van der Waals surface area (Å²) in [6, 6.07) is 0. The van der Waals surface area contributed by atoms with Gasteiger partial charge in [0.2, 0.25) is 11.7 Å². The van der Waals surface area contributed by atoms with Gasteiger partial charge < -0.3 is 5.11 Å². The second kappa shape index (κ2) is 3.42. The molecule has 0 saturated carbocycles. The molecule has 0 bridgehead atoms. The lowest BCUT2D eigenvalue weighted by atomic mass is 10.7. The maximum atomic E-state index is 11.2. The predicted octanol–water partition coefficient (Wildman–Crippen LogP) is 0.533. The van der Waals surface area contributed by atoms with Crippen molar-refractivity contribution >= 4 is 5.82 Å². The van der Waals surface area contributed by atoms with E-state index in [0.717, 1.165) is 4.57 Å². The van der Waals surface area contributed by atoms with Crippen LogP contribution in [0.2, 0.25) is 0 Å². The van der Waals surface area contributed by atoms with Crippen LogP contribution in [0.4, 0.5) is 5.82 Å². The number of aromatic nitrogens is 2. The number of hydrogen-bond donors (Lipinski definition) is 1. The van der Waals surface area contributed by atoms with Crippen LogP contribution in [0.1, 0.15) is 6.92 Å². The Morgan fingerprint density at radius 2 is 2.00 bits per heavy atom. The molecule has 0 aliphatic heterocycles. The SMILES string of the molecule is CCN=Nc1c(O)n(C)c(=O)n1C. The van der Waals surface area contributed by atoms with Crippen LogP contribution in [0.25, 0.3) is 0 Å². The lowest BCUT2D eigenvalue weighted by Crippen LogP contribution is -2.19. The summed E-state index contributed by atoms with van der Waals surface area (Å²) in [4.78, 5) is 11.2. The summed E-state index contributed by atoms with van der Waals surface area (Å²) < 4.78 is 2.36. The third kappa shape index (κ3) is 1.47. The molecule has 0 aromatic carbocycles. The molecule has 0 amide bonds. The van der Waals surface area contributed by atoms with E-state index in [1.165, 1.54) is 18.7 Å². The Morgan fingerprint density at radius 1 is 1.38 bits per heavy atom. The van der Waals surface area contributed by atoms with Crippen LogP contribution in [0.15, 0.2) is 15.0 Å². The Morgan fingerprint density at radius 3 is 2.38 bits per heavy atom. The van der Waals surface area contributed by atoms with Crippen molar-refractivity contribution in [1.29, 1.82) is 0 Å². The van der Waals surface area contributed by atoms with Crippen molar-refractivity contribution in [1.82, 2.24) is 9.13 Å². The molecule has 72 valence electrons. The second-order valence-corrected chi connectivity index (χ2v) is 2.61. The Hall–Kier alpha value is -1.59. The molecule has 0 unspecified atom stereocenters. The minimum Gasteiger partial charge on any atom is -0.492 e. The van der Waals surface area contributed by atoms with Gasteiger partial charge in [0.1, 0.15) is 0 Å². The number of azo groups is 1. The van der Waals surface area contributed by atoms with Crippen LogP contribution >= 0.6 is 0 Å². The molecule has 0 radical (unpaired) electrons. The Labute approximate surface area is 75.1 Å². The molecule has 0 spiro atoms. The third-order valence-electron chi connectivity index (χ3n) is 1.72. The summed E-state index contributed by atoms with van der Waals surface area (Å²) in [7, 11) is 3.01. The zero-order chi connectivity index (χ0) is 10.0. The van der Waals surface area contributed by atoms with Gasteiger partial charge in [-0.15, -0.1) is 5.11 Å². The van der Waals surface area contributed by atoms with Gasteiger partial charge in [-0.2, -0.15) is 5.11 Å². The van der Waals surface area contributed by atoms with E-state index in [9.17, 15) is 9.90 Å². The van der Waals surface area contributed by atoms with Crippen LogP contribution in [0, 0.1) is 0 Å². The van der Waals surface area contributed by atoms with Crippen LogP contribution < -0.4 is 5.69 Å². The van der Waals surface area contributed by atoms with Gasteiger partial charge in [0.05, 0.1) is 6.54 Å². The number of hydrogen-bond acceptors (Lipinski definition) is 4. The number of rotatable bonds is 2. The molecule has 1 aromatic rings. The van der Waals surface area contributed by atoms with Crippen LogP contribution in [-0.2, 0) is 14.1 Å². The maximum Gasteiger partial charge on any atom is 0.332 e. The van der Waals surface area contributed by atoms with Crippen molar-refractivity contribution in [2.75, 3.05) is 6.54 Å². The molecule has 13 heavy (non-hydrogen) atoms. The molecule has 0 atom stereocenters. The third-order valence-corrected chi connectivity index (χ3v) is 1.72. The highest BCUT2D eigenvalue weighted by Gasteiger charge is 2.13. The molecule has 0 aliphatic carbocycles. The van der Waals surface area contributed by atoms with Crippen molar-refractivity contribution in [2.24, 2.45) is 24.3 Å². The minimum absolute atomic E-state index is 0.162. The zero-order valence-corrected chi connectivity index (χ0v) is 7.85. The molecular weight excluding hydrogens is 172 g/mol. The lowest BCUT2D eigenvalue weighted by molar-refractivity contribution is 0.430. The Balaban J connectivity index is 3.29. The van der Waals surface area contributed by atoms with Crippen molar-refractivity contribution in [3.05, 3.63) is 10.5 Å². The van der Waals surface area contributed by atoms with Gasteiger partial charge >= 0.3 is 5.69 Å². The summed E-state index contributed by atoms with van der Waals surface area (Å²) in [6.07, 6.45) is 0. The Kier molecular flexibility index (Phi) is 2.50. The molecule has 1 aromatic heterocycles. The van der Waals surface area contributed by atoms with Gasteiger partial charge in [-0.1, -0.05) is 0 Å². The first-order valence-electron chi connectivity index (χ1n) is 3.91. The largest absolute Gasteiger partial charge is 0.492 e. The topological polar surface area (TPSA) is 71.9 Å². The average Bonchev–Trinajstić information content (AvgIpc) is 2.30. The van der Waals surface area contributed by atoms with Gasteiger partial charge in [-0.3, -0.25) is 9.13 Å². The van der Waals surface area contributed by atoms with Crippen LogP contribution in [0.3, 0.4) is 0 Å². The quantitative estimate of drug-likeness (QED) is 0.681. The highest BCUT2D eigenvalue weighted by Crippen LogP contribution is 2.22. The monoisotopic (exact) mass is 184 g/mol. The molecule has 1 heterocycles. The van der Waals surface area contributed by atoms with Gasteiger partial charge in [-0.05, 0) is 6.92 Å². The molecule has 0 aliphatic rings. The van der Waals surface area contributed by atoms with Crippen molar-refractivity contribution in [3.8, 4) is 5.88 Å². The first-order chi connectivity index (χ1) is 6.09. The molecule has 1 rings (SSSR count). The van der Waals surface area contributed by atoms with Gasteiger partial charge in [0.25, 0.3) is 0 Å². The van der Waals surface area contributed by atoms with E-state index in [1.54, 1.807) is 0 Å². The van der Waals surface area contributed by atoms with Crippen LogP contribution in [0.5, 0.6) is 5.88 Å². The molecule has 1 N–H and O–H groups in total. The number of nitrogens with zero attached hydrogens (tertiary/aromatic N) is 4. The fourth-order valence-corrected chi connectivity index (χ4v) is 0.956. The van der Waals surface area contributed by atoms with E-state index < -0.39 is 0 Å². The standard InChI is InChI=1S/C7H12N4O2/c1-4-8-9-5-6(12)11(3)7(13)10(5)2/h12H,4H2,1-3H3. The van der Waals surface area contributed by atoms with E-state index in [2.05, 4.69) is 10.2 Å². The Bertz CT molecular complexity index is 388. The van der Waals surface area contributed by atoms with Crippen LogP contribution in [-0.4, -0.2) is 20.8 Å². The van der Waals surface area contributed by atoms with E-state index >= 15 is 0 Å². The van der Waals surface area contributed by atoms with Gasteiger partial charge in [0.15, 0.2) is 0 Å². The molecule has 0 fully saturated rings. The maximum absolute atomic E-state index is 11.2. The molecular formula is C7H12N4O2. The first-order valence-corrected chi connectivity index (χ1v) is 3.91. The predicted molar refractivity (Wildman–Crippen MR) is 47.4 cm³/mol. The van der Waals surface area contributed by atoms with Crippen molar-refractivity contribution < 1.29 is 5.11 Å². The summed E-state index contributed by atoms with van der Waals surface area (Å²) in [6.45, 7) is 2.34. The highest BCUT2D eigenvalue weighted by atomic mass is 16.3. The van der Waals surface area contributed by atoms with Gasteiger partial charge in [0, 0.05) is 14.1 Å². The minimum atomic E-state index is -0.317. The number of aromatic hydroxyl groups is 1. The van der Waals surface area contributed by atoms with Gasteiger partial charge in [-0.25, -0.2) is 4.79 Å².